The fraction of sp³-hybridized carbons (Fsp3) is 0.833. The molecule has 0 saturated carbocycles. The summed E-state index contributed by atoms with van der Waals surface area (Å²) in [4.78, 5) is 24.6. The van der Waals surface area contributed by atoms with Crippen molar-refractivity contribution in [3.63, 3.8) is 0 Å². The van der Waals surface area contributed by atoms with Gasteiger partial charge in [-0.25, -0.2) is 0 Å². The van der Waals surface area contributed by atoms with E-state index in [1.807, 2.05) is 20.8 Å². The lowest BCUT2D eigenvalue weighted by molar-refractivity contribution is -0.139. The molecule has 2 amide bonds. The minimum Gasteiger partial charge on any atom is -0.368 e. The minimum absolute atomic E-state index is 0.00395. The third-order valence-corrected chi connectivity index (χ3v) is 2.51. The van der Waals surface area contributed by atoms with E-state index in [9.17, 15) is 9.59 Å². The van der Waals surface area contributed by atoms with Crippen molar-refractivity contribution in [1.82, 2.24) is 4.90 Å². The first-order valence-electron chi connectivity index (χ1n) is 6.15. The number of hydrogen-bond donors (Lipinski definition) is 2. The predicted octanol–water partition coefficient (Wildman–Crippen LogP) is 0.331. The molecule has 4 N–H and O–H groups in total. The summed E-state index contributed by atoms with van der Waals surface area (Å²) >= 11 is 0. The molecule has 1 unspecified atom stereocenters. The highest BCUT2D eigenvalue weighted by molar-refractivity contribution is 5.84. The molecule has 100 valence electrons. The molecular weight excluding hydrogens is 218 g/mol. The summed E-state index contributed by atoms with van der Waals surface area (Å²) in [6, 6.07) is 0. The summed E-state index contributed by atoms with van der Waals surface area (Å²) in [5.74, 6) is -0.257. The van der Waals surface area contributed by atoms with E-state index < -0.39 is 5.91 Å². The summed E-state index contributed by atoms with van der Waals surface area (Å²) in [6.45, 7) is 7.03. The number of carbonyl (C=O) groups is 2. The van der Waals surface area contributed by atoms with E-state index in [-0.39, 0.29) is 18.4 Å². The van der Waals surface area contributed by atoms with Crippen molar-refractivity contribution in [1.29, 1.82) is 0 Å². The van der Waals surface area contributed by atoms with Crippen LogP contribution in [-0.2, 0) is 9.59 Å². The molecule has 1 atom stereocenters. The molecule has 0 heterocycles. The highest BCUT2D eigenvalue weighted by atomic mass is 16.2. The zero-order valence-corrected chi connectivity index (χ0v) is 11.1. The molecule has 0 aromatic carbocycles. The van der Waals surface area contributed by atoms with Crippen LogP contribution in [0.5, 0.6) is 0 Å². The average Bonchev–Trinajstić information content (AvgIpc) is 2.22. The SMILES string of the molecule is CC(C)CN(CC(N)=O)C(=O)C(C)CCCN. The van der Waals surface area contributed by atoms with Gasteiger partial charge in [0.05, 0.1) is 6.54 Å². The van der Waals surface area contributed by atoms with Gasteiger partial charge in [0, 0.05) is 12.5 Å². The van der Waals surface area contributed by atoms with Crippen LogP contribution in [0.1, 0.15) is 33.6 Å². The normalized spacial score (nSPS) is 12.5. The third-order valence-electron chi connectivity index (χ3n) is 2.51. The van der Waals surface area contributed by atoms with E-state index in [4.69, 9.17) is 11.5 Å². The number of nitrogens with two attached hydrogens (primary N) is 2. The van der Waals surface area contributed by atoms with Crippen molar-refractivity contribution in [3.05, 3.63) is 0 Å². The Bertz CT molecular complexity index is 254. The summed E-state index contributed by atoms with van der Waals surface area (Å²) < 4.78 is 0. The molecular formula is C12H25N3O2. The molecule has 0 radical (unpaired) electrons. The highest BCUT2D eigenvalue weighted by Gasteiger charge is 2.22. The summed E-state index contributed by atoms with van der Waals surface area (Å²) in [7, 11) is 0. The van der Waals surface area contributed by atoms with Crippen molar-refractivity contribution >= 4 is 11.8 Å². The van der Waals surface area contributed by atoms with Gasteiger partial charge in [0.1, 0.15) is 0 Å². The molecule has 0 aliphatic carbocycles. The van der Waals surface area contributed by atoms with Gasteiger partial charge < -0.3 is 16.4 Å². The Hall–Kier alpha value is -1.10. The molecule has 0 fully saturated rings. The molecule has 0 spiro atoms. The van der Waals surface area contributed by atoms with E-state index in [0.717, 1.165) is 12.8 Å². The minimum atomic E-state index is -0.468. The number of primary amides is 1. The first-order valence-corrected chi connectivity index (χ1v) is 6.15. The second-order valence-electron chi connectivity index (χ2n) is 4.91. The first-order chi connectivity index (χ1) is 7.88. The Kier molecular flexibility index (Phi) is 7.54. The van der Waals surface area contributed by atoms with Crippen molar-refractivity contribution in [3.8, 4) is 0 Å². The number of carbonyl (C=O) groups excluding carboxylic acids is 2. The van der Waals surface area contributed by atoms with Crippen LogP contribution < -0.4 is 11.5 Å². The van der Waals surface area contributed by atoms with Gasteiger partial charge >= 0.3 is 0 Å². The molecule has 0 saturated heterocycles. The van der Waals surface area contributed by atoms with Crippen LogP contribution in [0.3, 0.4) is 0 Å². The van der Waals surface area contributed by atoms with Crippen molar-refractivity contribution < 1.29 is 9.59 Å². The van der Waals surface area contributed by atoms with Gasteiger partial charge in [0.2, 0.25) is 11.8 Å². The van der Waals surface area contributed by atoms with Crippen LogP contribution in [0, 0.1) is 11.8 Å². The van der Waals surface area contributed by atoms with Crippen molar-refractivity contribution in [2.75, 3.05) is 19.6 Å². The molecule has 5 nitrogen and oxygen atoms in total. The summed E-state index contributed by atoms with van der Waals surface area (Å²) in [5, 5.41) is 0. The average molecular weight is 243 g/mol. The largest absolute Gasteiger partial charge is 0.368 e. The predicted molar refractivity (Wildman–Crippen MR) is 68.1 cm³/mol. The van der Waals surface area contributed by atoms with Crippen LogP contribution >= 0.6 is 0 Å². The van der Waals surface area contributed by atoms with E-state index in [2.05, 4.69) is 0 Å². The van der Waals surface area contributed by atoms with E-state index >= 15 is 0 Å². The van der Waals surface area contributed by atoms with Gasteiger partial charge in [-0.3, -0.25) is 9.59 Å². The maximum absolute atomic E-state index is 12.1. The van der Waals surface area contributed by atoms with Gasteiger partial charge in [-0.05, 0) is 25.3 Å². The monoisotopic (exact) mass is 243 g/mol. The van der Waals surface area contributed by atoms with Gasteiger partial charge in [-0.2, -0.15) is 0 Å². The first kappa shape index (κ1) is 15.9. The molecule has 5 heteroatoms. The van der Waals surface area contributed by atoms with E-state index in [1.54, 1.807) is 4.90 Å². The van der Waals surface area contributed by atoms with Crippen LogP contribution in [0.2, 0.25) is 0 Å². The Morgan fingerprint density at radius 1 is 1.24 bits per heavy atom. The zero-order chi connectivity index (χ0) is 13.4. The quantitative estimate of drug-likeness (QED) is 0.644. The second kappa shape index (κ2) is 8.06. The summed E-state index contributed by atoms with van der Waals surface area (Å²) in [5.41, 5.74) is 10.6. The lowest BCUT2D eigenvalue weighted by Crippen LogP contribution is -2.43. The lowest BCUT2D eigenvalue weighted by atomic mass is 10.0. The number of nitrogens with zero attached hydrogens (tertiary/aromatic N) is 1. The Labute approximate surface area is 104 Å². The fourth-order valence-corrected chi connectivity index (χ4v) is 1.72. The molecule has 0 rings (SSSR count). The molecule has 0 bridgehead atoms. The van der Waals surface area contributed by atoms with Crippen LogP contribution in [0.4, 0.5) is 0 Å². The molecule has 17 heavy (non-hydrogen) atoms. The smallest absolute Gasteiger partial charge is 0.237 e. The topological polar surface area (TPSA) is 89.4 Å². The van der Waals surface area contributed by atoms with Crippen LogP contribution in [0.25, 0.3) is 0 Å². The summed E-state index contributed by atoms with van der Waals surface area (Å²) in [6.07, 6.45) is 1.57. The number of amides is 2. The third kappa shape index (κ3) is 6.94. The molecule has 0 aliphatic heterocycles. The Balaban J connectivity index is 4.44. The van der Waals surface area contributed by atoms with Crippen LogP contribution in [-0.4, -0.2) is 36.3 Å². The maximum Gasteiger partial charge on any atom is 0.237 e. The second-order valence-corrected chi connectivity index (χ2v) is 4.91. The molecule has 0 aromatic heterocycles. The highest BCUT2D eigenvalue weighted by Crippen LogP contribution is 2.11. The lowest BCUT2D eigenvalue weighted by Gasteiger charge is -2.26. The van der Waals surface area contributed by atoms with E-state index in [0.29, 0.717) is 19.0 Å². The Morgan fingerprint density at radius 3 is 2.24 bits per heavy atom. The molecule has 0 aromatic rings. The maximum atomic E-state index is 12.1. The standard InChI is InChI=1S/C12H25N3O2/c1-9(2)7-15(8-11(14)16)12(17)10(3)5-4-6-13/h9-10H,4-8,13H2,1-3H3,(H2,14,16). The van der Waals surface area contributed by atoms with Gasteiger partial charge in [-0.15, -0.1) is 0 Å². The van der Waals surface area contributed by atoms with Gasteiger partial charge in [0.25, 0.3) is 0 Å². The van der Waals surface area contributed by atoms with Crippen molar-refractivity contribution in [2.24, 2.45) is 23.3 Å². The van der Waals surface area contributed by atoms with Crippen LogP contribution in [0.15, 0.2) is 0 Å². The fourth-order valence-electron chi connectivity index (χ4n) is 1.72. The van der Waals surface area contributed by atoms with E-state index in [1.165, 1.54) is 0 Å². The number of hydrogen-bond acceptors (Lipinski definition) is 3. The number of rotatable bonds is 8. The zero-order valence-electron chi connectivity index (χ0n) is 11.1. The van der Waals surface area contributed by atoms with Gasteiger partial charge in [-0.1, -0.05) is 20.8 Å². The van der Waals surface area contributed by atoms with Crippen molar-refractivity contribution in [2.45, 2.75) is 33.6 Å². The molecule has 0 aliphatic rings. The van der Waals surface area contributed by atoms with Gasteiger partial charge in [0.15, 0.2) is 0 Å². The Morgan fingerprint density at radius 2 is 1.82 bits per heavy atom.